The van der Waals surface area contributed by atoms with Gasteiger partial charge < -0.3 is 9.53 Å². The molecule has 1 aromatic rings. The average molecular weight is 192 g/mol. The van der Waals surface area contributed by atoms with Gasteiger partial charge in [-0.05, 0) is 25.5 Å². The van der Waals surface area contributed by atoms with Crippen LogP contribution < -0.4 is 4.74 Å². The third-order valence-corrected chi connectivity index (χ3v) is 2.16. The molecule has 0 bridgehead atoms. The second kappa shape index (κ2) is 4.80. The highest BCUT2D eigenvalue weighted by molar-refractivity contribution is 5.64. The molecule has 0 heterocycles. The van der Waals surface area contributed by atoms with E-state index < -0.39 is 0 Å². The van der Waals surface area contributed by atoms with Crippen molar-refractivity contribution in [1.82, 2.24) is 0 Å². The molecule has 0 saturated heterocycles. The zero-order valence-corrected chi connectivity index (χ0v) is 8.91. The fourth-order valence-electron chi connectivity index (χ4n) is 1.37. The van der Waals surface area contributed by atoms with Crippen LogP contribution in [0.3, 0.4) is 0 Å². The molecular formula is C12H16O2. The summed E-state index contributed by atoms with van der Waals surface area (Å²) in [7, 11) is 0. The second-order valence-electron chi connectivity index (χ2n) is 3.40. The van der Waals surface area contributed by atoms with E-state index in [4.69, 9.17) is 4.74 Å². The molecule has 1 atom stereocenters. The van der Waals surface area contributed by atoms with Crippen molar-refractivity contribution in [2.24, 2.45) is 0 Å². The van der Waals surface area contributed by atoms with Gasteiger partial charge in [0.2, 0.25) is 0 Å². The van der Waals surface area contributed by atoms with Gasteiger partial charge >= 0.3 is 0 Å². The largest absolute Gasteiger partial charge is 0.494 e. The van der Waals surface area contributed by atoms with Gasteiger partial charge in [-0.25, -0.2) is 0 Å². The van der Waals surface area contributed by atoms with Crippen LogP contribution in [0, 0.1) is 6.92 Å². The van der Waals surface area contributed by atoms with Gasteiger partial charge in [-0.1, -0.05) is 19.1 Å². The van der Waals surface area contributed by atoms with Crippen LogP contribution in [0.15, 0.2) is 18.2 Å². The first kappa shape index (κ1) is 10.8. The van der Waals surface area contributed by atoms with E-state index >= 15 is 0 Å². The summed E-state index contributed by atoms with van der Waals surface area (Å²) in [6.07, 6.45) is 0.938. The molecule has 0 radical (unpaired) electrons. The number of rotatable bonds is 4. The molecule has 0 aliphatic heterocycles. The lowest BCUT2D eigenvalue weighted by molar-refractivity contribution is -0.108. The Morgan fingerprint density at radius 2 is 2.21 bits per heavy atom. The first-order valence-corrected chi connectivity index (χ1v) is 4.87. The molecule has 2 nitrogen and oxygen atoms in total. The van der Waals surface area contributed by atoms with Gasteiger partial charge in [-0.15, -0.1) is 0 Å². The fourth-order valence-corrected chi connectivity index (χ4v) is 1.37. The van der Waals surface area contributed by atoms with Gasteiger partial charge in [0.25, 0.3) is 0 Å². The van der Waals surface area contributed by atoms with Crippen LogP contribution in [0.25, 0.3) is 0 Å². The number of aldehydes is 1. The normalized spacial score (nSPS) is 12.2. The van der Waals surface area contributed by atoms with Crippen molar-refractivity contribution in [2.75, 3.05) is 6.61 Å². The maximum Gasteiger partial charge on any atom is 0.127 e. The maximum absolute atomic E-state index is 10.7. The summed E-state index contributed by atoms with van der Waals surface area (Å²) >= 11 is 0. The van der Waals surface area contributed by atoms with Crippen LogP contribution >= 0.6 is 0 Å². The molecule has 0 spiro atoms. The second-order valence-corrected chi connectivity index (χ2v) is 3.40. The first-order chi connectivity index (χ1) is 6.69. The monoisotopic (exact) mass is 192 g/mol. The van der Waals surface area contributed by atoms with Crippen molar-refractivity contribution in [3.05, 3.63) is 29.3 Å². The highest BCUT2D eigenvalue weighted by atomic mass is 16.5. The van der Waals surface area contributed by atoms with E-state index in [1.807, 2.05) is 39.0 Å². The highest BCUT2D eigenvalue weighted by Crippen LogP contribution is 2.26. The zero-order valence-electron chi connectivity index (χ0n) is 8.91. The van der Waals surface area contributed by atoms with E-state index in [0.717, 1.165) is 23.2 Å². The number of hydrogen-bond acceptors (Lipinski definition) is 2. The Morgan fingerprint density at radius 3 is 2.79 bits per heavy atom. The number of ether oxygens (including phenoxy) is 1. The fraction of sp³-hybridized carbons (Fsp3) is 0.417. The number of carbonyl (C=O) groups excluding carboxylic acids is 1. The summed E-state index contributed by atoms with van der Waals surface area (Å²) in [5.41, 5.74) is 2.11. The van der Waals surface area contributed by atoms with E-state index in [1.54, 1.807) is 0 Å². The molecule has 1 aromatic carbocycles. The number of carbonyl (C=O) groups is 1. The molecule has 1 unspecified atom stereocenters. The highest BCUT2D eigenvalue weighted by Gasteiger charge is 2.10. The lowest BCUT2D eigenvalue weighted by Gasteiger charge is -2.12. The Balaban J connectivity index is 3.07. The minimum absolute atomic E-state index is 0.0999. The third kappa shape index (κ3) is 2.34. The summed E-state index contributed by atoms with van der Waals surface area (Å²) < 4.78 is 5.48. The van der Waals surface area contributed by atoms with Crippen molar-refractivity contribution < 1.29 is 9.53 Å². The topological polar surface area (TPSA) is 26.3 Å². The van der Waals surface area contributed by atoms with Gasteiger partial charge in [0.05, 0.1) is 6.61 Å². The molecule has 0 aromatic heterocycles. The Kier molecular flexibility index (Phi) is 3.69. The quantitative estimate of drug-likeness (QED) is 0.685. The predicted molar refractivity (Wildman–Crippen MR) is 56.8 cm³/mol. The predicted octanol–water partition coefficient (Wildman–Crippen LogP) is 2.70. The summed E-state index contributed by atoms with van der Waals surface area (Å²) in [6, 6.07) is 5.93. The van der Waals surface area contributed by atoms with Crippen molar-refractivity contribution in [3.8, 4) is 5.75 Å². The molecule has 1 rings (SSSR count). The van der Waals surface area contributed by atoms with Gasteiger partial charge in [0.1, 0.15) is 12.0 Å². The Bertz CT molecular complexity index is 318. The first-order valence-electron chi connectivity index (χ1n) is 4.87. The summed E-state index contributed by atoms with van der Waals surface area (Å²) in [6.45, 7) is 6.46. The van der Waals surface area contributed by atoms with Gasteiger partial charge in [-0.3, -0.25) is 0 Å². The van der Waals surface area contributed by atoms with Crippen LogP contribution in [0.1, 0.15) is 30.9 Å². The molecule has 0 aliphatic carbocycles. The van der Waals surface area contributed by atoms with Crippen molar-refractivity contribution in [2.45, 2.75) is 26.7 Å². The Labute approximate surface area is 84.9 Å². The molecule has 76 valence electrons. The molecule has 0 saturated carbocycles. The van der Waals surface area contributed by atoms with Crippen LogP contribution in [0.2, 0.25) is 0 Å². The lowest BCUT2D eigenvalue weighted by atomic mass is 10.0. The van der Waals surface area contributed by atoms with Crippen LogP contribution in [-0.2, 0) is 4.79 Å². The zero-order chi connectivity index (χ0) is 10.6. The van der Waals surface area contributed by atoms with Gasteiger partial charge in [0.15, 0.2) is 0 Å². The Morgan fingerprint density at radius 1 is 1.50 bits per heavy atom. The molecule has 0 aliphatic rings. The number of hydrogen-bond donors (Lipinski definition) is 0. The lowest BCUT2D eigenvalue weighted by Crippen LogP contribution is -2.01. The van der Waals surface area contributed by atoms with Crippen molar-refractivity contribution in [1.29, 1.82) is 0 Å². The molecule has 2 heteroatoms. The van der Waals surface area contributed by atoms with E-state index in [0.29, 0.717) is 6.61 Å². The van der Waals surface area contributed by atoms with E-state index in [2.05, 4.69) is 0 Å². The summed E-state index contributed by atoms with van der Waals surface area (Å²) in [5, 5.41) is 0. The maximum atomic E-state index is 10.7. The Hall–Kier alpha value is -1.31. The minimum atomic E-state index is -0.0999. The third-order valence-electron chi connectivity index (χ3n) is 2.16. The van der Waals surface area contributed by atoms with E-state index in [1.165, 1.54) is 0 Å². The minimum Gasteiger partial charge on any atom is -0.494 e. The smallest absolute Gasteiger partial charge is 0.127 e. The van der Waals surface area contributed by atoms with E-state index in [9.17, 15) is 4.79 Å². The molecule has 0 amide bonds. The van der Waals surface area contributed by atoms with Crippen LogP contribution in [0.5, 0.6) is 5.75 Å². The van der Waals surface area contributed by atoms with Gasteiger partial charge in [0, 0.05) is 11.5 Å². The summed E-state index contributed by atoms with van der Waals surface area (Å²) in [5.74, 6) is 0.726. The van der Waals surface area contributed by atoms with Gasteiger partial charge in [-0.2, -0.15) is 0 Å². The molecular weight excluding hydrogens is 176 g/mol. The average Bonchev–Trinajstić information content (AvgIpc) is 2.17. The van der Waals surface area contributed by atoms with E-state index in [-0.39, 0.29) is 5.92 Å². The SMILES string of the molecule is CCOc1cc(C)ccc1C(C)C=O. The molecule has 14 heavy (non-hydrogen) atoms. The molecule has 0 fully saturated rings. The standard InChI is InChI=1S/C12H16O2/c1-4-14-12-7-9(2)5-6-11(12)10(3)8-13/h5-8,10H,4H2,1-3H3. The van der Waals surface area contributed by atoms with Crippen molar-refractivity contribution >= 4 is 6.29 Å². The van der Waals surface area contributed by atoms with Crippen LogP contribution in [-0.4, -0.2) is 12.9 Å². The molecule has 0 N–H and O–H groups in total. The number of benzene rings is 1. The summed E-state index contributed by atoms with van der Waals surface area (Å²) in [4.78, 5) is 10.7. The van der Waals surface area contributed by atoms with Crippen molar-refractivity contribution in [3.63, 3.8) is 0 Å². The van der Waals surface area contributed by atoms with Crippen LogP contribution in [0.4, 0.5) is 0 Å². The number of aryl methyl sites for hydroxylation is 1.